The Morgan fingerprint density at radius 1 is 1.04 bits per heavy atom. The maximum atomic E-state index is 6.01. The lowest BCUT2D eigenvalue weighted by Crippen LogP contribution is -2.04. The second kappa shape index (κ2) is 5.43. The summed E-state index contributed by atoms with van der Waals surface area (Å²) in [4.78, 5) is 0. The molecule has 0 fully saturated rings. The monoisotopic (exact) mass is 323 g/mol. The average Bonchev–Trinajstić information content (AvgIpc) is 3.09. The molecule has 3 nitrogen and oxygen atoms in total. The first-order chi connectivity index (χ1) is 11.1. The first-order valence-electron chi connectivity index (χ1n) is 7.82. The first kappa shape index (κ1) is 14.3. The van der Waals surface area contributed by atoms with Crippen LogP contribution in [0.5, 0.6) is 0 Å². The SMILES string of the molecule is Cc1cc(C)cc(-c2nn(-c3ccc(Cl)cc3)c3c2CCN3)c1. The molecule has 0 saturated carbocycles. The minimum absolute atomic E-state index is 0.736. The summed E-state index contributed by atoms with van der Waals surface area (Å²) < 4.78 is 1.99. The van der Waals surface area contributed by atoms with Crippen molar-refractivity contribution < 1.29 is 0 Å². The topological polar surface area (TPSA) is 29.9 Å². The molecule has 1 aliphatic rings. The largest absolute Gasteiger partial charge is 0.369 e. The van der Waals surface area contributed by atoms with Crippen molar-refractivity contribution in [3.63, 3.8) is 0 Å². The second-order valence-electron chi connectivity index (χ2n) is 6.12. The van der Waals surface area contributed by atoms with Gasteiger partial charge in [-0.25, -0.2) is 4.68 Å². The van der Waals surface area contributed by atoms with Gasteiger partial charge in [-0.2, -0.15) is 5.10 Å². The van der Waals surface area contributed by atoms with Crippen molar-refractivity contribution in [2.24, 2.45) is 0 Å². The molecule has 3 aromatic rings. The van der Waals surface area contributed by atoms with Gasteiger partial charge in [0.15, 0.2) is 0 Å². The number of benzene rings is 2. The summed E-state index contributed by atoms with van der Waals surface area (Å²) >= 11 is 6.01. The van der Waals surface area contributed by atoms with Gasteiger partial charge in [0.2, 0.25) is 0 Å². The predicted octanol–water partition coefficient (Wildman–Crippen LogP) is 4.78. The Kier molecular flexibility index (Phi) is 3.38. The van der Waals surface area contributed by atoms with Crippen LogP contribution in [-0.2, 0) is 6.42 Å². The molecule has 2 heterocycles. The zero-order valence-electron chi connectivity index (χ0n) is 13.2. The smallest absolute Gasteiger partial charge is 0.133 e. The van der Waals surface area contributed by atoms with Gasteiger partial charge in [0.25, 0.3) is 0 Å². The Morgan fingerprint density at radius 3 is 2.43 bits per heavy atom. The third kappa shape index (κ3) is 2.51. The van der Waals surface area contributed by atoms with E-state index in [1.54, 1.807) is 0 Å². The highest BCUT2D eigenvalue weighted by molar-refractivity contribution is 6.30. The molecule has 0 atom stereocenters. The van der Waals surface area contributed by atoms with Crippen LogP contribution in [-0.4, -0.2) is 16.3 Å². The summed E-state index contributed by atoms with van der Waals surface area (Å²) in [6.45, 7) is 5.22. The molecule has 0 radical (unpaired) electrons. The highest BCUT2D eigenvalue weighted by Crippen LogP contribution is 2.35. The number of nitrogens with zero attached hydrogens (tertiary/aromatic N) is 2. The van der Waals surface area contributed by atoms with Crippen LogP contribution >= 0.6 is 11.6 Å². The summed E-state index contributed by atoms with van der Waals surface area (Å²) in [7, 11) is 0. The van der Waals surface area contributed by atoms with Gasteiger partial charge in [-0.05, 0) is 56.7 Å². The highest BCUT2D eigenvalue weighted by Gasteiger charge is 2.24. The second-order valence-corrected chi connectivity index (χ2v) is 6.55. The molecule has 2 aromatic carbocycles. The van der Waals surface area contributed by atoms with E-state index in [2.05, 4.69) is 37.4 Å². The van der Waals surface area contributed by atoms with Crippen molar-refractivity contribution >= 4 is 17.4 Å². The number of rotatable bonds is 2. The van der Waals surface area contributed by atoms with Crippen molar-refractivity contribution in [1.29, 1.82) is 0 Å². The molecule has 4 rings (SSSR count). The molecule has 0 aliphatic carbocycles. The van der Waals surface area contributed by atoms with E-state index in [0.29, 0.717) is 0 Å². The molecular weight excluding hydrogens is 306 g/mol. The fraction of sp³-hybridized carbons (Fsp3) is 0.211. The number of hydrogen-bond donors (Lipinski definition) is 1. The first-order valence-corrected chi connectivity index (χ1v) is 8.20. The summed E-state index contributed by atoms with van der Waals surface area (Å²) in [6, 6.07) is 14.4. The van der Waals surface area contributed by atoms with Crippen LogP contribution in [0.25, 0.3) is 16.9 Å². The lowest BCUT2D eigenvalue weighted by atomic mass is 10.0. The number of hydrogen-bond acceptors (Lipinski definition) is 2. The number of nitrogens with one attached hydrogen (secondary N) is 1. The fourth-order valence-corrected chi connectivity index (χ4v) is 3.41. The van der Waals surface area contributed by atoms with E-state index >= 15 is 0 Å². The molecule has 1 N–H and O–H groups in total. The predicted molar refractivity (Wildman–Crippen MR) is 95.7 cm³/mol. The Balaban J connectivity index is 1.89. The zero-order chi connectivity index (χ0) is 16.0. The minimum atomic E-state index is 0.736. The van der Waals surface area contributed by atoms with E-state index in [9.17, 15) is 0 Å². The van der Waals surface area contributed by atoms with Crippen LogP contribution in [0, 0.1) is 13.8 Å². The van der Waals surface area contributed by atoms with E-state index in [1.165, 1.54) is 22.3 Å². The molecule has 0 bridgehead atoms. The van der Waals surface area contributed by atoms with Crippen LogP contribution in [0.2, 0.25) is 5.02 Å². The lowest BCUT2D eigenvalue weighted by molar-refractivity contribution is 0.882. The summed E-state index contributed by atoms with van der Waals surface area (Å²) in [5.41, 5.74) is 7.11. The van der Waals surface area contributed by atoms with Crippen LogP contribution in [0.4, 0.5) is 5.82 Å². The van der Waals surface area contributed by atoms with Gasteiger partial charge in [-0.15, -0.1) is 0 Å². The average molecular weight is 324 g/mol. The lowest BCUT2D eigenvalue weighted by Gasteiger charge is -2.06. The quantitative estimate of drug-likeness (QED) is 0.735. The Bertz CT molecular complexity index is 858. The number of aromatic nitrogens is 2. The maximum Gasteiger partial charge on any atom is 0.133 e. The maximum absolute atomic E-state index is 6.01. The van der Waals surface area contributed by atoms with Crippen LogP contribution < -0.4 is 5.32 Å². The third-order valence-electron chi connectivity index (χ3n) is 4.22. The van der Waals surface area contributed by atoms with E-state index in [1.807, 2.05) is 28.9 Å². The van der Waals surface area contributed by atoms with Gasteiger partial charge in [-0.1, -0.05) is 28.8 Å². The van der Waals surface area contributed by atoms with Crippen LogP contribution in [0.3, 0.4) is 0 Å². The van der Waals surface area contributed by atoms with Crippen molar-refractivity contribution in [3.05, 3.63) is 64.2 Å². The van der Waals surface area contributed by atoms with Gasteiger partial charge in [-0.3, -0.25) is 0 Å². The zero-order valence-corrected chi connectivity index (χ0v) is 14.0. The van der Waals surface area contributed by atoms with Crippen molar-refractivity contribution in [1.82, 2.24) is 9.78 Å². The van der Waals surface area contributed by atoms with E-state index in [4.69, 9.17) is 16.7 Å². The van der Waals surface area contributed by atoms with Gasteiger partial charge in [0.05, 0.1) is 11.4 Å². The van der Waals surface area contributed by atoms with Gasteiger partial charge in [0.1, 0.15) is 5.82 Å². The molecule has 116 valence electrons. The molecule has 4 heteroatoms. The standard InChI is InChI=1S/C19H18ClN3/c1-12-9-13(2)11-14(10-12)18-17-7-8-21-19(17)23(22-18)16-5-3-15(20)4-6-16/h3-6,9-11,21H,7-8H2,1-2H3. The molecule has 0 amide bonds. The molecule has 1 aromatic heterocycles. The van der Waals surface area contributed by atoms with Gasteiger partial charge in [0, 0.05) is 22.7 Å². The molecule has 23 heavy (non-hydrogen) atoms. The number of halogens is 1. The van der Waals surface area contributed by atoms with E-state index < -0.39 is 0 Å². The number of fused-ring (bicyclic) bond motifs is 1. The Morgan fingerprint density at radius 2 is 1.74 bits per heavy atom. The third-order valence-corrected chi connectivity index (χ3v) is 4.47. The molecule has 0 saturated heterocycles. The highest BCUT2D eigenvalue weighted by atomic mass is 35.5. The molecular formula is C19H18ClN3. The minimum Gasteiger partial charge on any atom is -0.369 e. The van der Waals surface area contributed by atoms with Crippen LogP contribution in [0.15, 0.2) is 42.5 Å². The molecule has 1 aliphatic heterocycles. The van der Waals surface area contributed by atoms with Crippen molar-refractivity contribution in [3.8, 4) is 16.9 Å². The summed E-state index contributed by atoms with van der Waals surface area (Å²) in [6.07, 6.45) is 1.01. The summed E-state index contributed by atoms with van der Waals surface area (Å²) in [5, 5.41) is 9.10. The number of anilines is 1. The van der Waals surface area contributed by atoms with Gasteiger partial charge < -0.3 is 5.32 Å². The van der Waals surface area contributed by atoms with Crippen LogP contribution in [0.1, 0.15) is 16.7 Å². The Hall–Kier alpha value is -2.26. The van der Waals surface area contributed by atoms with Crippen molar-refractivity contribution in [2.75, 3.05) is 11.9 Å². The van der Waals surface area contributed by atoms with Crippen molar-refractivity contribution in [2.45, 2.75) is 20.3 Å². The Labute approximate surface area is 140 Å². The number of aryl methyl sites for hydroxylation is 2. The molecule has 0 spiro atoms. The summed E-state index contributed by atoms with van der Waals surface area (Å²) in [5.74, 6) is 1.10. The normalized spacial score (nSPS) is 13.0. The van der Waals surface area contributed by atoms with E-state index in [-0.39, 0.29) is 0 Å². The fourth-order valence-electron chi connectivity index (χ4n) is 3.29. The van der Waals surface area contributed by atoms with E-state index in [0.717, 1.165) is 35.2 Å². The molecule has 0 unspecified atom stereocenters. The van der Waals surface area contributed by atoms with Gasteiger partial charge >= 0.3 is 0 Å².